The number of allylic oxidation sites excluding steroid dienone is 1. The Bertz CT molecular complexity index is 423. The topological polar surface area (TPSA) is 3.88 Å². The molecule has 0 aliphatic carbocycles. The fraction of sp³-hybridized carbons (Fsp3) is 0.0714. The zero-order valence-corrected chi connectivity index (χ0v) is 10.5. The Hall–Kier alpha value is -1.41. The third-order valence-corrected chi connectivity index (χ3v) is 2.21. The van der Waals surface area contributed by atoms with Crippen LogP contribution in [0.25, 0.3) is 6.20 Å². The molecule has 1 nitrogen and oxygen atoms in total. The van der Waals surface area contributed by atoms with Crippen molar-refractivity contribution in [1.82, 2.24) is 0 Å². The SMILES string of the molecule is C(=C[n+]1ccccc1)Cc1ccccc1.[Br-]. The summed E-state index contributed by atoms with van der Waals surface area (Å²) in [5, 5.41) is 0. The summed E-state index contributed by atoms with van der Waals surface area (Å²) in [6, 6.07) is 16.5. The van der Waals surface area contributed by atoms with Gasteiger partial charge in [0.1, 0.15) is 0 Å². The van der Waals surface area contributed by atoms with Crippen LogP contribution in [-0.4, -0.2) is 0 Å². The van der Waals surface area contributed by atoms with Gasteiger partial charge in [0.25, 0.3) is 0 Å². The van der Waals surface area contributed by atoms with Crippen LogP contribution in [0, 0.1) is 0 Å². The maximum atomic E-state index is 2.16. The standard InChI is InChI=1S/C14H14N.BrH/c1-3-8-14(9-4-1)10-7-13-15-11-5-2-6-12-15;/h1-9,11-13H,10H2;1H/q+1;/p-1. The maximum absolute atomic E-state index is 2.16. The molecule has 0 unspecified atom stereocenters. The summed E-state index contributed by atoms with van der Waals surface area (Å²) < 4.78 is 2.04. The van der Waals surface area contributed by atoms with Crippen LogP contribution in [-0.2, 0) is 6.42 Å². The number of nitrogens with zero attached hydrogens (tertiary/aromatic N) is 1. The number of hydrogen-bond donors (Lipinski definition) is 0. The second-order valence-corrected chi connectivity index (χ2v) is 3.40. The Morgan fingerprint density at radius 2 is 1.50 bits per heavy atom. The zero-order chi connectivity index (χ0) is 10.3. The van der Waals surface area contributed by atoms with Crippen molar-refractivity contribution in [3.8, 4) is 0 Å². The van der Waals surface area contributed by atoms with Crippen molar-refractivity contribution >= 4 is 6.20 Å². The Morgan fingerprint density at radius 3 is 2.19 bits per heavy atom. The third-order valence-electron chi connectivity index (χ3n) is 2.21. The highest BCUT2D eigenvalue weighted by molar-refractivity contribution is 5.20. The van der Waals surface area contributed by atoms with Crippen LogP contribution in [0.3, 0.4) is 0 Å². The van der Waals surface area contributed by atoms with Gasteiger partial charge in [0.2, 0.25) is 0 Å². The van der Waals surface area contributed by atoms with Crippen LogP contribution in [0.15, 0.2) is 67.0 Å². The lowest BCUT2D eigenvalue weighted by Crippen LogP contribution is -3.00. The summed E-state index contributed by atoms with van der Waals surface area (Å²) >= 11 is 0. The van der Waals surface area contributed by atoms with Gasteiger partial charge in [-0.1, -0.05) is 36.4 Å². The molecule has 2 heteroatoms. The van der Waals surface area contributed by atoms with Gasteiger partial charge >= 0.3 is 0 Å². The molecule has 0 bridgehead atoms. The van der Waals surface area contributed by atoms with Crippen molar-refractivity contribution in [2.45, 2.75) is 6.42 Å². The Kier molecular flexibility index (Phi) is 5.51. The molecule has 2 aromatic rings. The second-order valence-electron chi connectivity index (χ2n) is 3.40. The first-order valence-electron chi connectivity index (χ1n) is 5.11. The van der Waals surface area contributed by atoms with Gasteiger partial charge in [-0.3, -0.25) is 0 Å². The fourth-order valence-electron chi connectivity index (χ4n) is 1.44. The Balaban J connectivity index is 0.00000128. The molecule has 0 N–H and O–H groups in total. The molecule has 1 heterocycles. The van der Waals surface area contributed by atoms with E-state index in [-0.39, 0.29) is 17.0 Å². The zero-order valence-electron chi connectivity index (χ0n) is 8.96. The van der Waals surface area contributed by atoms with Crippen molar-refractivity contribution in [3.05, 3.63) is 72.6 Å². The minimum Gasteiger partial charge on any atom is -1.00 e. The van der Waals surface area contributed by atoms with E-state index >= 15 is 0 Å². The van der Waals surface area contributed by atoms with Crippen LogP contribution in [0.2, 0.25) is 0 Å². The molecule has 0 radical (unpaired) electrons. The van der Waals surface area contributed by atoms with Crippen molar-refractivity contribution in [2.75, 3.05) is 0 Å². The first-order chi connectivity index (χ1) is 7.45. The molecule has 1 aromatic heterocycles. The van der Waals surface area contributed by atoms with E-state index in [1.54, 1.807) is 0 Å². The average molecular weight is 276 g/mol. The molecule has 1 aromatic carbocycles. The predicted octanol–water partition coefficient (Wildman–Crippen LogP) is -0.308. The van der Waals surface area contributed by atoms with Crippen LogP contribution >= 0.6 is 0 Å². The number of pyridine rings is 1. The molecule has 0 atom stereocenters. The van der Waals surface area contributed by atoms with E-state index in [4.69, 9.17) is 0 Å². The Labute approximate surface area is 107 Å². The van der Waals surface area contributed by atoms with Crippen LogP contribution < -0.4 is 21.5 Å². The minimum atomic E-state index is 0. The van der Waals surface area contributed by atoms with Gasteiger partial charge in [-0.25, -0.2) is 0 Å². The molecular weight excluding hydrogens is 262 g/mol. The normalized spacial score (nSPS) is 10.0. The summed E-state index contributed by atoms with van der Waals surface area (Å²) in [6.45, 7) is 0. The summed E-state index contributed by atoms with van der Waals surface area (Å²) in [7, 11) is 0. The predicted molar refractivity (Wildman–Crippen MR) is 62.1 cm³/mol. The van der Waals surface area contributed by atoms with Gasteiger partial charge in [0.05, 0.1) is 0 Å². The van der Waals surface area contributed by atoms with E-state index in [1.807, 2.05) is 41.2 Å². The molecule has 0 saturated heterocycles. The van der Waals surface area contributed by atoms with Crippen LogP contribution in [0.5, 0.6) is 0 Å². The van der Waals surface area contributed by atoms with Gasteiger partial charge in [0, 0.05) is 12.1 Å². The first-order valence-corrected chi connectivity index (χ1v) is 5.11. The van der Waals surface area contributed by atoms with Crippen molar-refractivity contribution < 1.29 is 21.5 Å². The first kappa shape index (κ1) is 12.7. The number of aromatic nitrogens is 1. The Morgan fingerprint density at radius 1 is 0.875 bits per heavy atom. The van der Waals surface area contributed by atoms with Gasteiger partial charge in [-0.2, -0.15) is 4.57 Å². The number of benzene rings is 1. The van der Waals surface area contributed by atoms with Crippen LogP contribution in [0.1, 0.15) is 5.56 Å². The third kappa shape index (κ3) is 3.99. The number of rotatable bonds is 3. The lowest BCUT2D eigenvalue weighted by atomic mass is 10.1. The highest BCUT2D eigenvalue weighted by atomic mass is 79.9. The molecule has 0 amide bonds. The number of hydrogen-bond acceptors (Lipinski definition) is 0. The minimum absolute atomic E-state index is 0. The fourth-order valence-corrected chi connectivity index (χ4v) is 1.44. The summed E-state index contributed by atoms with van der Waals surface area (Å²) in [6.07, 6.45) is 9.27. The van der Waals surface area contributed by atoms with Crippen molar-refractivity contribution in [2.24, 2.45) is 0 Å². The van der Waals surface area contributed by atoms with E-state index in [1.165, 1.54) is 5.56 Å². The highest BCUT2D eigenvalue weighted by Gasteiger charge is 1.90. The molecule has 0 aliphatic rings. The van der Waals surface area contributed by atoms with Crippen molar-refractivity contribution in [3.63, 3.8) is 0 Å². The molecule has 0 aliphatic heterocycles. The van der Waals surface area contributed by atoms with Gasteiger partial charge in [-0.05, 0) is 18.1 Å². The highest BCUT2D eigenvalue weighted by Crippen LogP contribution is 1.99. The van der Waals surface area contributed by atoms with Gasteiger partial charge < -0.3 is 17.0 Å². The van der Waals surface area contributed by atoms with E-state index in [0.29, 0.717) is 0 Å². The van der Waals surface area contributed by atoms with Gasteiger partial charge in [0.15, 0.2) is 18.6 Å². The van der Waals surface area contributed by atoms with Crippen molar-refractivity contribution in [1.29, 1.82) is 0 Å². The monoisotopic (exact) mass is 275 g/mol. The van der Waals surface area contributed by atoms with Gasteiger partial charge in [-0.15, -0.1) is 0 Å². The molecule has 16 heavy (non-hydrogen) atoms. The van der Waals surface area contributed by atoms with Crippen LogP contribution in [0.4, 0.5) is 0 Å². The summed E-state index contributed by atoms with van der Waals surface area (Å²) in [5.74, 6) is 0. The quantitative estimate of drug-likeness (QED) is 0.677. The van der Waals surface area contributed by atoms with E-state index < -0.39 is 0 Å². The van der Waals surface area contributed by atoms with E-state index in [2.05, 4.69) is 36.5 Å². The molecular formula is C14H14BrN. The maximum Gasteiger partial charge on any atom is 0.174 e. The molecule has 0 spiro atoms. The smallest absolute Gasteiger partial charge is 0.174 e. The summed E-state index contributed by atoms with van der Waals surface area (Å²) in [4.78, 5) is 0. The average Bonchev–Trinajstić information content (AvgIpc) is 2.32. The largest absolute Gasteiger partial charge is 1.00 e. The lowest BCUT2D eigenvalue weighted by Gasteiger charge is -1.92. The molecule has 0 fully saturated rings. The second kappa shape index (κ2) is 6.96. The molecule has 82 valence electrons. The number of halogens is 1. The van der Waals surface area contributed by atoms with E-state index in [0.717, 1.165) is 6.42 Å². The lowest BCUT2D eigenvalue weighted by molar-refractivity contribution is -0.568. The van der Waals surface area contributed by atoms with E-state index in [9.17, 15) is 0 Å². The molecule has 2 rings (SSSR count). The molecule has 0 saturated carbocycles. The summed E-state index contributed by atoms with van der Waals surface area (Å²) in [5.41, 5.74) is 1.34.